The van der Waals surface area contributed by atoms with Crippen LogP contribution in [-0.2, 0) is 0 Å². The summed E-state index contributed by atoms with van der Waals surface area (Å²) >= 11 is 0. The lowest BCUT2D eigenvalue weighted by Gasteiger charge is -2.37. The molecule has 3 atom stereocenters. The van der Waals surface area contributed by atoms with Gasteiger partial charge in [0.2, 0.25) is 0 Å². The number of fused-ring (bicyclic) bond motifs is 5. The molecule has 200 valence electrons. The predicted molar refractivity (Wildman–Crippen MR) is 154 cm³/mol. The Labute approximate surface area is 235 Å². The maximum absolute atomic E-state index is 14.6. The van der Waals surface area contributed by atoms with Crippen LogP contribution in [-0.4, -0.2) is 34.4 Å². The van der Waals surface area contributed by atoms with E-state index in [1.165, 1.54) is 24.3 Å². The van der Waals surface area contributed by atoms with Crippen LogP contribution in [0.25, 0.3) is 6.08 Å². The number of Topliss-reactive ketones (excluding diaryl/α,β-unsaturated/α-hetero) is 3. The molecule has 0 N–H and O–H groups in total. The standard InChI is InChI=1S/C34H24N2O5/c1-20-10-12-22(13-11-20)29-30(31(37)23-14-17-24(18-15-23)36(40)41)35-27-9-5-2-6-21(27)16-19-28(35)34(29)32(38)25-7-3-4-8-26(25)33(34)39/h2-19,28-30H,1H3/t28?,29-,30+/m1/s1. The largest absolute Gasteiger partial charge is 0.352 e. The van der Waals surface area contributed by atoms with E-state index in [9.17, 15) is 24.5 Å². The number of nitrogens with zero attached hydrogens (tertiary/aromatic N) is 2. The summed E-state index contributed by atoms with van der Waals surface area (Å²) in [7, 11) is 0. The fraction of sp³-hybridized carbons (Fsp3) is 0.147. The second-order valence-electron chi connectivity index (χ2n) is 10.8. The van der Waals surface area contributed by atoms with Crippen molar-refractivity contribution in [3.8, 4) is 0 Å². The third-order valence-corrected chi connectivity index (χ3v) is 8.78. The lowest BCUT2D eigenvalue weighted by atomic mass is 9.64. The van der Waals surface area contributed by atoms with Gasteiger partial charge in [-0.3, -0.25) is 24.5 Å². The van der Waals surface area contributed by atoms with Crippen LogP contribution in [0, 0.1) is 22.5 Å². The molecule has 41 heavy (non-hydrogen) atoms. The zero-order chi connectivity index (χ0) is 28.5. The highest BCUT2D eigenvalue weighted by atomic mass is 16.6. The Bertz CT molecular complexity index is 1770. The minimum absolute atomic E-state index is 0.125. The fourth-order valence-corrected chi connectivity index (χ4v) is 6.98. The summed E-state index contributed by atoms with van der Waals surface area (Å²) in [5.74, 6) is -1.71. The monoisotopic (exact) mass is 540 g/mol. The normalized spacial score (nSPS) is 21.5. The first-order valence-electron chi connectivity index (χ1n) is 13.4. The van der Waals surface area contributed by atoms with Gasteiger partial charge in [0.15, 0.2) is 17.3 Å². The Kier molecular flexibility index (Phi) is 5.41. The number of nitro benzene ring substituents is 1. The van der Waals surface area contributed by atoms with Gasteiger partial charge < -0.3 is 4.90 Å². The molecule has 1 saturated heterocycles. The van der Waals surface area contributed by atoms with Crippen molar-refractivity contribution in [1.29, 1.82) is 0 Å². The van der Waals surface area contributed by atoms with Gasteiger partial charge in [-0.05, 0) is 36.2 Å². The van der Waals surface area contributed by atoms with E-state index in [1.807, 2.05) is 72.5 Å². The zero-order valence-corrected chi connectivity index (χ0v) is 22.1. The lowest BCUT2D eigenvalue weighted by Crippen LogP contribution is -2.48. The van der Waals surface area contributed by atoms with Gasteiger partial charge in [-0.1, -0.05) is 84.4 Å². The van der Waals surface area contributed by atoms with Gasteiger partial charge in [0, 0.05) is 40.4 Å². The van der Waals surface area contributed by atoms with E-state index in [1.54, 1.807) is 24.3 Å². The van der Waals surface area contributed by atoms with E-state index < -0.39 is 28.3 Å². The van der Waals surface area contributed by atoms with Crippen LogP contribution in [0.15, 0.2) is 103 Å². The summed E-state index contributed by atoms with van der Waals surface area (Å²) < 4.78 is 0. The van der Waals surface area contributed by atoms with E-state index >= 15 is 0 Å². The van der Waals surface area contributed by atoms with Crippen molar-refractivity contribution < 1.29 is 19.3 Å². The highest BCUT2D eigenvalue weighted by Crippen LogP contribution is 2.60. The molecule has 1 unspecified atom stereocenters. The average Bonchev–Trinajstić information content (AvgIpc) is 3.43. The molecule has 0 saturated carbocycles. The summed E-state index contributed by atoms with van der Waals surface area (Å²) in [5, 5.41) is 11.3. The van der Waals surface area contributed by atoms with E-state index in [4.69, 9.17) is 0 Å². The van der Waals surface area contributed by atoms with Crippen LogP contribution in [0.1, 0.15) is 53.7 Å². The number of para-hydroxylation sites is 1. The number of aryl methyl sites for hydroxylation is 1. The number of nitro groups is 1. The Morgan fingerprint density at radius 1 is 0.829 bits per heavy atom. The summed E-state index contributed by atoms with van der Waals surface area (Å²) in [4.78, 5) is 56.6. The number of carbonyl (C=O) groups excluding carboxylic acids is 3. The number of carbonyl (C=O) groups is 3. The highest BCUT2D eigenvalue weighted by molar-refractivity contribution is 6.32. The van der Waals surface area contributed by atoms with Gasteiger partial charge >= 0.3 is 0 Å². The second-order valence-corrected chi connectivity index (χ2v) is 10.8. The number of non-ortho nitro benzene ring substituents is 1. The molecule has 1 spiro atoms. The first-order chi connectivity index (χ1) is 19.8. The molecule has 0 bridgehead atoms. The first kappa shape index (κ1) is 24.8. The predicted octanol–water partition coefficient (Wildman–Crippen LogP) is 6.22. The number of hydrogen-bond acceptors (Lipinski definition) is 6. The van der Waals surface area contributed by atoms with Crippen LogP contribution in [0.4, 0.5) is 11.4 Å². The molecule has 4 aromatic carbocycles. The minimum Gasteiger partial charge on any atom is -0.352 e. The Balaban J connectivity index is 1.52. The summed E-state index contributed by atoms with van der Waals surface area (Å²) in [5.41, 5.74) is 2.65. The van der Waals surface area contributed by atoms with Crippen LogP contribution in [0.3, 0.4) is 0 Å². The summed E-state index contributed by atoms with van der Waals surface area (Å²) in [6.45, 7) is 1.96. The van der Waals surface area contributed by atoms with Gasteiger partial charge in [0.1, 0.15) is 11.5 Å². The third kappa shape index (κ3) is 3.35. The van der Waals surface area contributed by atoms with Crippen molar-refractivity contribution in [3.63, 3.8) is 0 Å². The molecule has 7 heteroatoms. The van der Waals surface area contributed by atoms with E-state index in [2.05, 4.69) is 0 Å². The quantitative estimate of drug-likeness (QED) is 0.132. The second kappa shape index (κ2) is 8.93. The van der Waals surface area contributed by atoms with Gasteiger partial charge in [-0.2, -0.15) is 0 Å². The van der Waals surface area contributed by atoms with E-state index in [0.29, 0.717) is 16.7 Å². The number of ketones is 3. The fourth-order valence-electron chi connectivity index (χ4n) is 6.98. The molecule has 4 aromatic rings. The number of benzene rings is 4. The topological polar surface area (TPSA) is 97.6 Å². The molecule has 7 rings (SSSR count). The molecular formula is C34H24N2O5. The molecular weight excluding hydrogens is 516 g/mol. The molecule has 2 aliphatic heterocycles. The minimum atomic E-state index is -1.58. The lowest BCUT2D eigenvalue weighted by molar-refractivity contribution is -0.384. The van der Waals surface area contributed by atoms with Crippen LogP contribution < -0.4 is 4.90 Å². The first-order valence-corrected chi connectivity index (χ1v) is 13.4. The van der Waals surface area contributed by atoms with Crippen LogP contribution in [0.5, 0.6) is 0 Å². The molecule has 1 aliphatic carbocycles. The van der Waals surface area contributed by atoms with Crippen molar-refractivity contribution in [3.05, 3.63) is 147 Å². The maximum Gasteiger partial charge on any atom is 0.269 e. The molecule has 2 heterocycles. The zero-order valence-electron chi connectivity index (χ0n) is 22.1. The smallest absolute Gasteiger partial charge is 0.269 e. The van der Waals surface area contributed by atoms with Crippen molar-refractivity contribution in [1.82, 2.24) is 0 Å². The maximum atomic E-state index is 14.6. The van der Waals surface area contributed by atoms with E-state index in [-0.39, 0.29) is 28.6 Å². The van der Waals surface area contributed by atoms with Gasteiger partial charge in [-0.15, -0.1) is 0 Å². The van der Waals surface area contributed by atoms with Crippen molar-refractivity contribution >= 4 is 34.8 Å². The summed E-state index contributed by atoms with van der Waals surface area (Å²) in [6.07, 6.45) is 3.81. The summed E-state index contributed by atoms with van der Waals surface area (Å²) in [6, 6.07) is 26.0. The Hall–Kier alpha value is -5.17. The number of anilines is 1. The van der Waals surface area contributed by atoms with Crippen molar-refractivity contribution in [2.75, 3.05) is 4.90 Å². The molecule has 0 radical (unpaired) electrons. The van der Waals surface area contributed by atoms with Crippen LogP contribution in [0.2, 0.25) is 0 Å². The molecule has 3 aliphatic rings. The van der Waals surface area contributed by atoms with Crippen LogP contribution >= 0.6 is 0 Å². The average molecular weight is 541 g/mol. The Morgan fingerprint density at radius 2 is 1.44 bits per heavy atom. The third-order valence-electron chi connectivity index (χ3n) is 8.78. The van der Waals surface area contributed by atoms with Gasteiger partial charge in [0.25, 0.3) is 5.69 Å². The molecule has 0 amide bonds. The van der Waals surface area contributed by atoms with E-state index in [0.717, 1.165) is 16.8 Å². The van der Waals surface area contributed by atoms with Crippen molar-refractivity contribution in [2.45, 2.75) is 24.9 Å². The molecule has 7 nitrogen and oxygen atoms in total. The molecule has 0 aromatic heterocycles. The molecule has 1 fully saturated rings. The highest BCUT2D eigenvalue weighted by Gasteiger charge is 2.71. The van der Waals surface area contributed by atoms with Gasteiger partial charge in [-0.25, -0.2) is 0 Å². The van der Waals surface area contributed by atoms with Gasteiger partial charge in [0.05, 0.1) is 11.0 Å². The van der Waals surface area contributed by atoms with Crippen molar-refractivity contribution in [2.24, 2.45) is 5.41 Å². The SMILES string of the molecule is Cc1ccc([C@@H]2[C@@H](C(=O)c3ccc([N+](=O)[O-])cc3)N3c4ccccc4C=CC3C23C(=O)c2ccccc2C3=O)cc1. The number of rotatable bonds is 4. The Morgan fingerprint density at radius 3 is 2.07 bits per heavy atom. The number of hydrogen-bond donors (Lipinski definition) is 0.